The van der Waals surface area contributed by atoms with Gasteiger partial charge >= 0.3 is 0 Å². The van der Waals surface area contributed by atoms with Gasteiger partial charge < -0.3 is 0 Å². The smallest absolute Gasteiger partial charge is 0.0155 e. The number of aryl methyl sites for hydroxylation is 3. The third kappa shape index (κ3) is 5.87. The molecule has 6 rings (SSSR count). The molecule has 0 atom stereocenters. The molecule has 0 saturated carbocycles. The molecule has 0 unspecified atom stereocenters. The summed E-state index contributed by atoms with van der Waals surface area (Å²) in [7, 11) is 0. The average molecular weight is 427 g/mol. The van der Waals surface area contributed by atoms with Crippen LogP contribution in [0.1, 0.15) is 16.7 Å². The molecule has 0 aliphatic heterocycles. The third-order valence-corrected chi connectivity index (χ3v) is 5.82. The first-order chi connectivity index (χ1) is 16.1. The quantitative estimate of drug-likeness (QED) is 0.227. The Morgan fingerprint density at radius 3 is 1.27 bits per heavy atom. The SMILES string of the molecule is Cc1ccc2ccccc2c1.Cc1ccc2ccccc2c1.Cc1cccc2ccccc12. The van der Waals surface area contributed by atoms with Crippen LogP contribution >= 0.6 is 0 Å². The topological polar surface area (TPSA) is 0 Å². The van der Waals surface area contributed by atoms with E-state index in [4.69, 9.17) is 0 Å². The van der Waals surface area contributed by atoms with Crippen LogP contribution in [-0.2, 0) is 0 Å². The molecule has 0 heteroatoms. The standard InChI is InChI=1S/3C11H10/c1-9-5-4-7-10-6-2-3-8-11(9)10;2*1-9-6-7-10-4-2-3-5-11(10)8-9/h3*2-8H,1H3. The number of benzene rings is 6. The molecular formula is C33H30. The number of hydrogen-bond acceptors (Lipinski definition) is 0. The fourth-order valence-corrected chi connectivity index (χ4v) is 4.00. The van der Waals surface area contributed by atoms with Crippen molar-refractivity contribution in [2.24, 2.45) is 0 Å². The van der Waals surface area contributed by atoms with Gasteiger partial charge in [-0.25, -0.2) is 0 Å². The van der Waals surface area contributed by atoms with Crippen molar-refractivity contribution in [2.75, 3.05) is 0 Å². The van der Waals surface area contributed by atoms with Crippen LogP contribution in [0.4, 0.5) is 0 Å². The van der Waals surface area contributed by atoms with Gasteiger partial charge in [-0.2, -0.15) is 0 Å². The molecule has 0 aromatic heterocycles. The number of fused-ring (bicyclic) bond motifs is 3. The monoisotopic (exact) mass is 426 g/mol. The Bertz CT molecular complexity index is 1400. The lowest BCUT2D eigenvalue weighted by Crippen LogP contribution is -1.75. The maximum atomic E-state index is 2.20. The second kappa shape index (κ2) is 10.6. The van der Waals surface area contributed by atoms with Crippen molar-refractivity contribution in [1.82, 2.24) is 0 Å². The molecule has 6 aromatic carbocycles. The molecule has 0 radical (unpaired) electrons. The summed E-state index contributed by atoms with van der Waals surface area (Å²) < 4.78 is 0. The van der Waals surface area contributed by atoms with Crippen molar-refractivity contribution in [3.05, 3.63) is 144 Å². The zero-order valence-electron chi connectivity index (χ0n) is 19.6. The highest BCUT2D eigenvalue weighted by atomic mass is 14.0. The van der Waals surface area contributed by atoms with E-state index in [1.807, 2.05) is 0 Å². The molecule has 0 fully saturated rings. The van der Waals surface area contributed by atoms with Gasteiger partial charge in [0.25, 0.3) is 0 Å². The van der Waals surface area contributed by atoms with E-state index < -0.39 is 0 Å². The van der Waals surface area contributed by atoms with Crippen LogP contribution in [0, 0.1) is 20.8 Å². The third-order valence-electron chi connectivity index (χ3n) is 5.82. The summed E-state index contributed by atoms with van der Waals surface area (Å²) in [6.07, 6.45) is 0. The van der Waals surface area contributed by atoms with Gasteiger partial charge in [0.05, 0.1) is 0 Å². The number of rotatable bonds is 0. The molecule has 0 N–H and O–H groups in total. The first-order valence-electron chi connectivity index (χ1n) is 11.5. The Morgan fingerprint density at radius 2 is 0.758 bits per heavy atom. The van der Waals surface area contributed by atoms with Crippen LogP contribution < -0.4 is 0 Å². The first-order valence-corrected chi connectivity index (χ1v) is 11.5. The molecule has 33 heavy (non-hydrogen) atoms. The highest BCUT2D eigenvalue weighted by molar-refractivity contribution is 5.85. The van der Waals surface area contributed by atoms with Gasteiger partial charge in [-0.3, -0.25) is 0 Å². The molecule has 0 aliphatic rings. The Morgan fingerprint density at radius 1 is 0.333 bits per heavy atom. The largest absolute Gasteiger partial charge is 0.0616 e. The van der Waals surface area contributed by atoms with E-state index in [2.05, 4.69) is 148 Å². The van der Waals surface area contributed by atoms with Crippen LogP contribution in [0.25, 0.3) is 32.3 Å². The molecule has 0 saturated heterocycles. The molecule has 0 heterocycles. The predicted octanol–water partition coefficient (Wildman–Crippen LogP) is 9.44. The van der Waals surface area contributed by atoms with Gasteiger partial charge in [-0.15, -0.1) is 0 Å². The van der Waals surface area contributed by atoms with Gasteiger partial charge in [0.2, 0.25) is 0 Å². The van der Waals surface area contributed by atoms with Crippen molar-refractivity contribution in [3.63, 3.8) is 0 Å². The summed E-state index contributed by atoms with van der Waals surface area (Å²) in [6, 6.07) is 44.7. The molecule has 162 valence electrons. The van der Waals surface area contributed by atoms with E-state index in [0.29, 0.717) is 0 Å². The van der Waals surface area contributed by atoms with Crippen LogP contribution in [0.2, 0.25) is 0 Å². The fraction of sp³-hybridized carbons (Fsp3) is 0.0909. The minimum Gasteiger partial charge on any atom is -0.0616 e. The minimum absolute atomic E-state index is 1.32. The fourth-order valence-electron chi connectivity index (χ4n) is 4.00. The van der Waals surface area contributed by atoms with E-state index in [-0.39, 0.29) is 0 Å². The Labute approximate surface area is 197 Å². The van der Waals surface area contributed by atoms with Gasteiger partial charge in [-0.1, -0.05) is 139 Å². The van der Waals surface area contributed by atoms with E-state index in [9.17, 15) is 0 Å². The summed E-state index contributed by atoms with van der Waals surface area (Å²) in [4.78, 5) is 0. The van der Waals surface area contributed by atoms with Crippen LogP contribution in [0.3, 0.4) is 0 Å². The summed E-state index contributed by atoms with van der Waals surface area (Å²) in [5, 5.41) is 7.97. The Kier molecular flexibility index (Phi) is 7.17. The lowest BCUT2D eigenvalue weighted by molar-refractivity contribution is 1.51. The van der Waals surface area contributed by atoms with Gasteiger partial charge in [0, 0.05) is 0 Å². The zero-order valence-corrected chi connectivity index (χ0v) is 19.6. The number of hydrogen-bond donors (Lipinski definition) is 0. The van der Waals surface area contributed by atoms with Gasteiger partial charge in [-0.05, 0) is 58.7 Å². The Balaban J connectivity index is 0.000000118. The summed E-state index contributed by atoms with van der Waals surface area (Å²) in [5.74, 6) is 0. The molecule has 0 nitrogen and oxygen atoms in total. The molecule has 0 amide bonds. The van der Waals surface area contributed by atoms with E-state index in [1.54, 1.807) is 0 Å². The zero-order chi connectivity index (χ0) is 23.0. The summed E-state index contributed by atoms with van der Waals surface area (Å²) in [5.41, 5.74) is 4.00. The van der Waals surface area contributed by atoms with E-state index >= 15 is 0 Å². The normalized spacial score (nSPS) is 10.3. The van der Waals surface area contributed by atoms with E-state index in [0.717, 1.165) is 0 Å². The van der Waals surface area contributed by atoms with Crippen molar-refractivity contribution in [2.45, 2.75) is 20.8 Å². The maximum absolute atomic E-state index is 2.20. The summed E-state index contributed by atoms with van der Waals surface area (Å²) >= 11 is 0. The predicted molar refractivity (Wildman–Crippen MR) is 146 cm³/mol. The van der Waals surface area contributed by atoms with E-state index in [1.165, 1.54) is 49.0 Å². The second-order valence-corrected chi connectivity index (χ2v) is 8.50. The molecular weight excluding hydrogens is 396 g/mol. The summed E-state index contributed by atoms with van der Waals surface area (Å²) in [6.45, 7) is 6.38. The molecule has 6 aromatic rings. The lowest BCUT2D eigenvalue weighted by atomic mass is 10.1. The van der Waals surface area contributed by atoms with Gasteiger partial charge in [0.1, 0.15) is 0 Å². The van der Waals surface area contributed by atoms with Crippen molar-refractivity contribution in [3.8, 4) is 0 Å². The highest BCUT2D eigenvalue weighted by Gasteiger charge is 1.92. The van der Waals surface area contributed by atoms with Crippen molar-refractivity contribution < 1.29 is 0 Å². The van der Waals surface area contributed by atoms with Crippen molar-refractivity contribution >= 4 is 32.3 Å². The molecule has 0 bridgehead atoms. The first kappa shape index (κ1) is 22.3. The van der Waals surface area contributed by atoms with Crippen molar-refractivity contribution in [1.29, 1.82) is 0 Å². The van der Waals surface area contributed by atoms with Crippen LogP contribution in [0.5, 0.6) is 0 Å². The van der Waals surface area contributed by atoms with Crippen LogP contribution in [-0.4, -0.2) is 0 Å². The average Bonchev–Trinajstić information content (AvgIpc) is 2.85. The second-order valence-electron chi connectivity index (χ2n) is 8.50. The lowest BCUT2D eigenvalue weighted by Gasteiger charge is -1.98. The maximum Gasteiger partial charge on any atom is -0.0155 e. The highest BCUT2D eigenvalue weighted by Crippen LogP contribution is 2.17. The molecule has 0 aliphatic carbocycles. The Hall–Kier alpha value is -3.90. The van der Waals surface area contributed by atoms with Crippen LogP contribution in [0.15, 0.2) is 127 Å². The van der Waals surface area contributed by atoms with Gasteiger partial charge in [0.15, 0.2) is 0 Å². The minimum atomic E-state index is 1.32. The molecule has 0 spiro atoms.